The smallest absolute Gasteiger partial charge is 0.233 e. The number of ether oxygens (including phenoxy) is 1. The van der Waals surface area contributed by atoms with Crippen molar-refractivity contribution >= 4 is 28.7 Å². The SMILES string of the molecule is CCOc1ccc2nc(SCC(=O)N3CCCC(C)C3)[nH]c2c1. The van der Waals surface area contributed by atoms with Crippen molar-refractivity contribution in [2.75, 3.05) is 25.4 Å². The van der Waals surface area contributed by atoms with Crippen LogP contribution >= 0.6 is 11.8 Å². The van der Waals surface area contributed by atoms with Gasteiger partial charge in [-0.2, -0.15) is 0 Å². The van der Waals surface area contributed by atoms with Gasteiger partial charge in [0, 0.05) is 19.2 Å². The Kier molecular flexibility index (Phi) is 5.10. The molecule has 3 rings (SSSR count). The fourth-order valence-electron chi connectivity index (χ4n) is 2.93. The standard InChI is InChI=1S/C17H23N3O2S/c1-3-22-13-6-7-14-15(9-13)19-17(18-14)23-11-16(21)20-8-4-5-12(2)10-20/h6-7,9,12H,3-5,8,10-11H2,1-2H3,(H,18,19). The average Bonchev–Trinajstić information content (AvgIpc) is 2.95. The Morgan fingerprint density at radius 1 is 1.52 bits per heavy atom. The van der Waals surface area contributed by atoms with Gasteiger partial charge < -0.3 is 14.6 Å². The lowest BCUT2D eigenvalue weighted by Crippen LogP contribution is -2.40. The first-order chi connectivity index (χ1) is 11.2. The van der Waals surface area contributed by atoms with Crippen LogP contribution in [-0.2, 0) is 4.79 Å². The van der Waals surface area contributed by atoms with Crippen molar-refractivity contribution < 1.29 is 9.53 Å². The maximum absolute atomic E-state index is 12.3. The molecule has 0 saturated carbocycles. The van der Waals surface area contributed by atoms with E-state index < -0.39 is 0 Å². The zero-order chi connectivity index (χ0) is 16.2. The van der Waals surface area contributed by atoms with E-state index in [2.05, 4.69) is 16.9 Å². The van der Waals surface area contributed by atoms with Crippen LogP contribution in [0.2, 0.25) is 0 Å². The summed E-state index contributed by atoms with van der Waals surface area (Å²) in [4.78, 5) is 22.1. The monoisotopic (exact) mass is 333 g/mol. The third-order valence-corrected chi connectivity index (χ3v) is 4.94. The molecule has 1 aromatic carbocycles. The second-order valence-electron chi connectivity index (χ2n) is 6.03. The van der Waals surface area contributed by atoms with E-state index in [4.69, 9.17) is 4.74 Å². The summed E-state index contributed by atoms with van der Waals surface area (Å²) in [5.41, 5.74) is 1.84. The van der Waals surface area contributed by atoms with E-state index in [9.17, 15) is 4.79 Å². The first kappa shape index (κ1) is 16.2. The van der Waals surface area contributed by atoms with Crippen molar-refractivity contribution in [1.82, 2.24) is 14.9 Å². The van der Waals surface area contributed by atoms with Crippen LogP contribution in [0, 0.1) is 5.92 Å². The van der Waals surface area contributed by atoms with Gasteiger partial charge in [-0.15, -0.1) is 0 Å². The summed E-state index contributed by atoms with van der Waals surface area (Å²) >= 11 is 1.47. The summed E-state index contributed by atoms with van der Waals surface area (Å²) in [5, 5.41) is 0.784. The number of aromatic amines is 1. The quantitative estimate of drug-likeness (QED) is 0.853. The number of rotatable bonds is 5. The van der Waals surface area contributed by atoms with Crippen LogP contribution in [0.15, 0.2) is 23.4 Å². The highest BCUT2D eigenvalue weighted by molar-refractivity contribution is 7.99. The van der Waals surface area contributed by atoms with Crippen LogP contribution in [0.25, 0.3) is 11.0 Å². The van der Waals surface area contributed by atoms with E-state index in [0.717, 1.165) is 41.4 Å². The number of fused-ring (bicyclic) bond motifs is 1. The molecule has 5 nitrogen and oxygen atoms in total. The summed E-state index contributed by atoms with van der Waals surface area (Å²) in [6, 6.07) is 5.81. The minimum absolute atomic E-state index is 0.206. The molecule has 23 heavy (non-hydrogen) atoms. The summed E-state index contributed by atoms with van der Waals surface area (Å²) in [5.74, 6) is 2.08. The maximum atomic E-state index is 12.3. The van der Waals surface area contributed by atoms with Gasteiger partial charge in [0.2, 0.25) is 5.91 Å². The number of hydrogen-bond donors (Lipinski definition) is 1. The van der Waals surface area contributed by atoms with Gasteiger partial charge in [-0.25, -0.2) is 4.98 Å². The molecule has 1 N–H and O–H groups in total. The number of likely N-dealkylation sites (tertiary alicyclic amines) is 1. The number of piperidine rings is 1. The van der Waals surface area contributed by atoms with Crippen LogP contribution in [0.5, 0.6) is 5.75 Å². The summed E-state index contributed by atoms with van der Waals surface area (Å²) in [6.07, 6.45) is 2.34. The van der Waals surface area contributed by atoms with Gasteiger partial charge in [0.05, 0.1) is 23.4 Å². The first-order valence-corrected chi connectivity index (χ1v) is 9.17. The van der Waals surface area contributed by atoms with Crippen molar-refractivity contribution in [3.8, 4) is 5.75 Å². The lowest BCUT2D eigenvalue weighted by Gasteiger charge is -2.30. The minimum Gasteiger partial charge on any atom is -0.494 e. The molecule has 0 spiro atoms. The molecule has 1 aliphatic heterocycles. The summed E-state index contributed by atoms with van der Waals surface area (Å²) in [7, 11) is 0. The normalized spacial score (nSPS) is 18.3. The topological polar surface area (TPSA) is 58.2 Å². The number of amides is 1. The molecule has 1 saturated heterocycles. The Morgan fingerprint density at radius 3 is 3.17 bits per heavy atom. The van der Waals surface area contributed by atoms with E-state index in [1.165, 1.54) is 18.2 Å². The number of thioether (sulfide) groups is 1. The number of carbonyl (C=O) groups excluding carboxylic acids is 1. The Balaban J connectivity index is 1.61. The van der Waals surface area contributed by atoms with Gasteiger partial charge in [0.15, 0.2) is 5.16 Å². The Morgan fingerprint density at radius 2 is 2.39 bits per heavy atom. The largest absolute Gasteiger partial charge is 0.494 e. The van der Waals surface area contributed by atoms with Gasteiger partial charge in [0.1, 0.15) is 5.75 Å². The second-order valence-corrected chi connectivity index (χ2v) is 6.99. The van der Waals surface area contributed by atoms with Crippen molar-refractivity contribution in [2.45, 2.75) is 31.8 Å². The zero-order valence-corrected chi connectivity index (χ0v) is 14.5. The number of hydrogen-bond acceptors (Lipinski definition) is 4. The molecule has 1 aromatic heterocycles. The third-order valence-electron chi connectivity index (χ3n) is 4.08. The number of H-pyrrole nitrogens is 1. The van der Waals surface area contributed by atoms with Gasteiger partial charge in [0.25, 0.3) is 0 Å². The predicted octanol–water partition coefficient (Wildman–Crippen LogP) is 3.31. The zero-order valence-electron chi connectivity index (χ0n) is 13.7. The lowest BCUT2D eigenvalue weighted by atomic mass is 10.0. The van der Waals surface area contributed by atoms with Gasteiger partial charge >= 0.3 is 0 Å². The van der Waals surface area contributed by atoms with Gasteiger partial charge in [-0.05, 0) is 37.8 Å². The highest BCUT2D eigenvalue weighted by Crippen LogP contribution is 2.24. The van der Waals surface area contributed by atoms with Crippen molar-refractivity contribution in [3.05, 3.63) is 18.2 Å². The molecule has 1 amide bonds. The number of nitrogens with one attached hydrogen (secondary N) is 1. The van der Waals surface area contributed by atoms with E-state index >= 15 is 0 Å². The van der Waals surface area contributed by atoms with Crippen LogP contribution in [-0.4, -0.2) is 46.2 Å². The molecular formula is C17H23N3O2S. The molecule has 0 bridgehead atoms. The van der Waals surface area contributed by atoms with E-state index in [1.807, 2.05) is 30.0 Å². The molecular weight excluding hydrogens is 310 g/mol. The highest BCUT2D eigenvalue weighted by Gasteiger charge is 2.21. The van der Waals surface area contributed by atoms with Crippen LogP contribution in [0.3, 0.4) is 0 Å². The molecule has 0 radical (unpaired) electrons. The number of carbonyl (C=O) groups is 1. The number of nitrogens with zero attached hydrogens (tertiary/aromatic N) is 2. The highest BCUT2D eigenvalue weighted by atomic mass is 32.2. The van der Waals surface area contributed by atoms with Gasteiger partial charge in [-0.1, -0.05) is 18.7 Å². The Labute approximate surface area is 140 Å². The third kappa shape index (κ3) is 3.99. The summed E-state index contributed by atoms with van der Waals surface area (Å²) < 4.78 is 5.50. The van der Waals surface area contributed by atoms with Crippen molar-refractivity contribution in [2.24, 2.45) is 5.92 Å². The van der Waals surface area contributed by atoms with E-state index in [1.54, 1.807) is 0 Å². The van der Waals surface area contributed by atoms with Crippen LogP contribution < -0.4 is 4.74 Å². The van der Waals surface area contributed by atoms with E-state index in [0.29, 0.717) is 18.3 Å². The average molecular weight is 333 g/mol. The van der Waals surface area contributed by atoms with Crippen LogP contribution in [0.4, 0.5) is 0 Å². The Bertz CT molecular complexity index is 686. The molecule has 1 aliphatic rings. The molecule has 1 atom stereocenters. The number of aromatic nitrogens is 2. The summed E-state index contributed by atoms with van der Waals surface area (Å²) in [6.45, 7) is 6.59. The lowest BCUT2D eigenvalue weighted by molar-refractivity contribution is -0.130. The predicted molar refractivity (Wildman–Crippen MR) is 93.0 cm³/mol. The van der Waals surface area contributed by atoms with Gasteiger partial charge in [-0.3, -0.25) is 4.79 Å². The first-order valence-electron chi connectivity index (χ1n) is 8.19. The van der Waals surface area contributed by atoms with Crippen LogP contribution in [0.1, 0.15) is 26.7 Å². The van der Waals surface area contributed by atoms with Crippen molar-refractivity contribution in [1.29, 1.82) is 0 Å². The molecule has 1 fully saturated rings. The molecule has 1 unspecified atom stereocenters. The molecule has 6 heteroatoms. The molecule has 2 aromatic rings. The van der Waals surface area contributed by atoms with E-state index in [-0.39, 0.29) is 5.91 Å². The molecule has 0 aliphatic carbocycles. The second kappa shape index (κ2) is 7.25. The van der Waals surface area contributed by atoms with Crippen molar-refractivity contribution in [3.63, 3.8) is 0 Å². The number of benzene rings is 1. The molecule has 124 valence electrons. The maximum Gasteiger partial charge on any atom is 0.233 e. The fourth-order valence-corrected chi connectivity index (χ4v) is 3.72. The minimum atomic E-state index is 0.206. The fraction of sp³-hybridized carbons (Fsp3) is 0.529. The number of imidazole rings is 1. The molecule has 2 heterocycles. The Hall–Kier alpha value is -1.69.